The van der Waals surface area contributed by atoms with Gasteiger partial charge in [-0.25, -0.2) is 4.98 Å². The molecule has 0 aromatic carbocycles. The Morgan fingerprint density at radius 2 is 2.08 bits per heavy atom. The molecule has 1 atom stereocenters. The first kappa shape index (κ1) is 16.7. The molecule has 1 saturated carbocycles. The zero-order chi connectivity index (χ0) is 17.9. The molecule has 0 unspecified atom stereocenters. The molecule has 1 fully saturated rings. The molecule has 3 heterocycles. The average Bonchev–Trinajstić information content (AvgIpc) is 3.02. The number of carbonyl (C=O) groups excluding carboxylic acids is 1. The molecule has 0 spiro atoms. The second-order valence-corrected chi connectivity index (χ2v) is 6.94. The molecular formula is C20H22N4O2. The molecular weight excluding hydrogens is 328 g/mol. The summed E-state index contributed by atoms with van der Waals surface area (Å²) in [6.45, 7) is 0. The molecule has 6 heteroatoms. The monoisotopic (exact) mass is 350 g/mol. The Kier molecular flexibility index (Phi) is 4.67. The van der Waals surface area contributed by atoms with E-state index in [9.17, 15) is 9.90 Å². The van der Waals surface area contributed by atoms with Crippen molar-refractivity contribution >= 4 is 11.6 Å². The molecule has 3 aromatic rings. The van der Waals surface area contributed by atoms with Crippen molar-refractivity contribution in [3.63, 3.8) is 0 Å². The lowest BCUT2D eigenvalue weighted by Gasteiger charge is -2.38. The second kappa shape index (κ2) is 7.25. The minimum absolute atomic E-state index is 0.0139. The van der Waals surface area contributed by atoms with Crippen molar-refractivity contribution in [1.29, 1.82) is 0 Å². The highest BCUT2D eigenvalue weighted by Crippen LogP contribution is 2.31. The smallest absolute Gasteiger partial charge is 0.226 e. The minimum Gasteiger partial charge on any atom is -0.393 e. The Balaban J connectivity index is 1.45. The van der Waals surface area contributed by atoms with Gasteiger partial charge in [0.05, 0.1) is 18.2 Å². The number of aliphatic hydroxyl groups is 1. The topological polar surface area (TPSA) is 79.5 Å². The van der Waals surface area contributed by atoms with Crippen molar-refractivity contribution in [2.24, 2.45) is 5.92 Å². The van der Waals surface area contributed by atoms with Crippen molar-refractivity contribution in [3.8, 4) is 0 Å². The summed E-state index contributed by atoms with van der Waals surface area (Å²) in [6, 6.07) is 11.6. The van der Waals surface area contributed by atoms with Crippen LogP contribution in [0.15, 0.2) is 55.0 Å². The number of aromatic nitrogens is 3. The number of nitrogens with one attached hydrogen (secondary N) is 1. The summed E-state index contributed by atoms with van der Waals surface area (Å²) in [5, 5.41) is 12.8. The van der Waals surface area contributed by atoms with Crippen molar-refractivity contribution in [3.05, 3.63) is 66.4 Å². The standard InChI is InChI=1S/C20H22N4O2/c25-17-9-14(10-17)18(11-15-5-1-3-7-21-15)23-20(26)12-16-13-22-19-6-2-4-8-24(16)19/h1-8,13-14,17-18,25H,9-12H2,(H,23,26)/t14?,17?,18-/m0/s1. The van der Waals surface area contributed by atoms with E-state index in [1.165, 1.54) is 0 Å². The molecule has 3 aromatic heterocycles. The van der Waals surface area contributed by atoms with Crippen LogP contribution in [0.2, 0.25) is 0 Å². The number of hydrogen-bond donors (Lipinski definition) is 2. The van der Waals surface area contributed by atoms with Crippen molar-refractivity contribution in [2.45, 2.75) is 37.8 Å². The van der Waals surface area contributed by atoms with Gasteiger partial charge in [0.2, 0.25) is 5.91 Å². The number of fused-ring (bicyclic) bond motifs is 1. The maximum atomic E-state index is 12.6. The van der Waals surface area contributed by atoms with E-state index in [0.717, 1.165) is 29.9 Å². The van der Waals surface area contributed by atoms with Gasteiger partial charge in [-0.2, -0.15) is 0 Å². The summed E-state index contributed by atoms with van der Waals surface area (Å²) >= 11 is 0. The first-order chi connectivity index (χ1) is 12.7. The SMILES string of the molecule is O=C(Cc1cnc2ccccn12)N[C@@H](Cc1ccccn1)C1CC(O)C1. The largest absolute Gasteiger partial charge is 0.393 e. The van der Waals surface area contributed by atoms with Crippen LogP contribution in [0.1, 0.15) is 24.2 Å². The average molecular weight is 350 g/mol. The van der Waals surface area contributed by atoms with Crippen LogP contribution in [0, 0.1) is 5.92 Å². The van der Waals surface area contributed by atoms with E-state index in [2.05, 4.69) is 15.3 Å². The fraction of sp³-hybridized carbons (Fsp3) is 0.350. The van der Waals surface area contributed by atoms with Crippen molar-refractivity contribution < 1.29 is 9.90 Å². The third kappa shape index (κ3) is 3.60. The van der Waals surface area contributed by atoms with Gasteiger partial charge < -0.3 is 14.8 Å². The Morgan fingerprint density at radius 3 is 2.85 bits per heavy atom. The lowest BCUT2D eigenvalue weighted by molar-refractivity contribution is -0.122. The molecule has 1 aliphatic carbocycles. The van der Waals surface area contributed by atoms with E-state index < -0.39 is 0 Å². The Morgan fingerprint density at radius 1 is 1.23 bits per heavy atom. The van der Waals surface area contributed by atoms with Crippen LogP contribution in [0.4, 0.5) is 0 Å². The lowest BCUT2D eigenvalue weighted by Crippen LogP contribution is -2.48. The Bertz CT molecular complexity index is 887. The highest BCUT2D eigenvalue weighted by molar-refractivity contribution is 5.78. The van der Waals surface area contributed by atoms with Crippen LogP contribution < -0.4 is 5.32 Å². The third-order valence-corrected chi connectivity index (χ3v) is 5.06. The van der Waals surface area contributed by atoms with E-state index in [-0.39, 0.29) is 30.4 Å². The molecule has 4 rings (SSSR count). The molecule has 0 aliphatic heterocycles. The number of rotatable bonds is 6. The fourth-order valence-electron chi connectivity index (χ4n) is 3.58. The van der Waals surface area contributed by atoms with E-state index in [1.54, 1.807) is 12.4 Å². The van der Waals surface area contributed by atoms with Gasteiger partial charge in [-0.1, -0.05) is 12.1 Å². The molecule has 2 N–H and O–H groups in total. The number of pyridine rings is 2. The number of hydrogen-bond acceptors (Lipinski definition) is 4. The van der Waals surface area contributed by atoms with Gasteiger partial charge in [-0.3, -0.25) is 9.78 Å². The molecule has 26 heavy (non-hydrogen) atoms. The van der Waals surface area contributed by atoms with Crippen LogP contribution >= 0.6 is 0 Å². The number of amides is 1. The molecule has 6 nitrogen and oxygen atoms in total. The van der Waals surface area contributed by atoms with Crippen LogP contribution in [0.5, 0.6) is 0 Å². The number of imidazole rings is 1. The maximum absolute atomic E-state index is 12.6. The quantitative estimate of drug-likeness (QED) is 0.710. The molecule has 0 saturated heterocycles. The van der Waals surface area contributed by atoms with Gasteiger partial charge in [0.1, 0.15) is 5.65 Å². The molecule has 1 aliphatic rings. The van der Waals surface area contributed by atoms with Gasteiger partial charge in [-0.15, -0.1) is 0 Å². The summed E-state index contributed by atoms with van der Waals surface area (Å²) in [4.78, 5) is 21.4. The van der Waals surface area contributed by atoms with Crippen LogP contribution in [-0.4, -0.2) is 37.5 Å². The van der Waals surface area contributed by atoms with Gasteiger partial charge in [0, 0.05) is 36.7 Å². The minimum atomic E-state index is -0.248. The summed E-state index contributed by atoms with van der Waals surface area (Å²) < 4.78 is 1.93. The summed E-state index contributed by atoms with van der Waals surface area (Å²) in [6.07, 6.45) is 7.59. The molecule has 134 valence electrons. The first-order valence-corrected chi connectivity index (χ1v) is 8.97. The number of aliphatic hydroxyl groups excluding tert-OH is 1. The van der Waals surface area contributed by atoms with Crippen LogP contribution in [0.3, 0.4) is 0 Å². The normalized spacial score (nSPS) is 20.5. The van der Waals surface area contributed by atoms with Crippen molar-refractivity contribution in [2.75, 3.05) is 0 Å². The number of carbonyl (C=O) groups is 1. The zero-order valence-corrected chi connectivity index (χ0v) is 14.5. The molecule has 0 radical (unpaired) electrons. The summed E-state index contributed by atoms with van der Waals surface area (Å²) in [5.41, 5.74) is 2.65. The Labute approximate surface area is 151 Å². The second-order valence-electron chi connectivity index (χ2n) is 6.94. The van der Waals surface area contributed by atoms with Crippen molar-refractivity contribution in [1.82, 2.24) is 19.7 Å². The lowest BCUT2D eigenvalue weighted by atomic mass is 9.76. The zero-order valence-electron chi connectivity index (χ0n) is 14.5. The fourth-order valence-corrected chi connectivity index (χ4v) is 3.58. The highest BCUT2D eigenvalue weighted by atomic mass is 16.3. The summed E-state index contributed by atoms with van der Waals surface area (Å²) in [7, 11) is 0. The van der Waals surface area contributed by atoms with Crippen LogP contribution in [0.25, 0.3) is 5.65 Å². The number of nitrogens with zero attached hydrogens (tertiary/aromatic N) is 3. The Hall–Kier alpha value is -2.73. The third-order valence-electron chi connectivity index (χ3n) is 5.06. The van der Waals surface area contributed by atoms with Gasteiger partial charge >= 0.3 is 0 Å². The van der Waals surface area contributed by atoms with Crippen LogP contribution in [-0.2, 0) is 17.6 Å². The van der Waals surface area contributed by atoms with E-state index in [4.69, 9.17) is 0 Å². The predicted molar refractivity (Wildman–Crippen MR) is 97.5 cm³/mol. The van der Waals surface area contributed by atoms with Gasteiger partial charge in [0.25, 0.3) is 0 Å². The first-order valence-electron chi connectivity index (χ1n) is 8.97. The van der Waals surface area contributed by atoms with Gasteiger partial charge in [0.15, 0.2) is 0 Å². The van der Waals surface area contributed by atoms with E-state index in [0.29, 0.717) is 6.42 Å². The maximum Gasteiger partial charge on any atom is 0.226 e. The van der Waals surface area contributed by atoms with E-state index in [1.807, 2.05) is 47.0 Å². The molecule has 0 bridgehead atoms. The highest BCUT2D eigenvalue weighted by Gasteiger charge is 2.35. The van der Waals surface area contributed by atoms with Gasteiger partial charge in [-0.05, 0) is 43.0 Å². The summed E-state index contributed by atoms with van der Waals surface area (Å²) in [5.74, 6) is 0.260. The molecule has 1 amide bonds. The van der Waals surface area contributed by atoms with E-state index >= 15 is 0 Å². The predicted octanol–water partition coefficient (Wildman–Crippen LogP) is 1.77.